The molecule has 1 atom stereocenters. The van der Waals surface area contributed by atoms with Gasteiger partial charge in [0.15, 0.2) is 0 Å². The minimum atomic E-state index is 0.592. The van der Waals surface area contributed by atoms with Gasteiger partial charge in [-0.15, -0.1) is 0 Å². The standard InChI is InChI=1S/C15H19N/c1-12(6-5-11-16)14-10-4-8-13-7-2-3-9-15(13)14/h2-4,7-10,12H,5-6,11,16H2,1H3. The van der Waals surface area contributed by atoms with Crippen molar-refractivity contribution in [3.63, 3.8) is 0 Å². The van der Waals surface area contributed by atoms with Gasteiger partial charge in [-0.1, -0.05) is 49.4 Å². The van der Waals surface area contributed by atoms with E-state index in [0.717, 1.165) is 13.0 Å². The van der Waals surface area contributed by atoms with Crippen LogP contribution in [-0.4, -0.2) is 6.54 Å². The topological polar surface area (TPSA) is 26.0 Å². The molecule has 0 aliphatic rings. The lowest BCUT2D eigenvalue weighted by molar-refractivity contribution is 0.644. The van der Waals surface area contributed by atoms with Crippen LogP contribution < -0.4 is 5.73 Å². The van der Waals surface area contributed by atoms with Crippen LogP contribution in [0, 0.1) is 0 Å². The molecule has 0 aliphatic carbocycles. The molecule has 0 fully saturated rings. The maximum atomic E-state index is 5.57. The Morgan fingerprint density at radius 1 is 1.06 bits per heavy atom. The molecule has 0 amide bonds. The second kappa shape index (κ2) is 5.13. The van der Waals surface area contributed by atoms with Gasteiger partial charge in [0.2, 0.25) is 0 Å². The average Bonchev–Trinajstić information content (AvgIpc) is 2.35. The Hall–Kier alpha value is -1.34. The van der Waals surface area contributed by atoms with Crippen molar-refractivity contribution in [3.8, 4) is 0 Å². The maximum Gasteiger partial charge on any atom is -0.00771 e. The number of hydrogen-bond acceptors (Lipinski definition) is 1. The summed E-state index contributed by atoms with van der Waals surface area (Å²) in [5.41, 5.74) is 7.02. The molecule has 0 saturated heterocycles. The Bertz CT molecular complexity index is 456. The van der Waals surface area contributed by atoms with E-state index < -0.39 is 0 Å². The molecule has 2 rings (SSSR count). The summed E-state index contributed by atoms with van der Waals surface area (Å²) in [7, 11) is 0. The van der Waals surface area contributed by atoms with Crippen molar-refractivity contribution >= 4 is 10.8 Å². The van der Waals surface area contributed by atoms with E-state index in [1.54, 1.807) is 0 Å². The first-order valence-electron chi connectivity index (χ1n) is 6.00. The maximum absolute atomic E-state index is 5.57. The van der Waals surface area contributed by atoms with Crippen molar-refractivity contribution in [2.75, 3.05) is 6.54 Å². The Morgan fingerprint density at radius 3 is 2.62 bits per heavy atom. The molecule has 0 aliphatic heterocycles. The predicted octanol–water partition coefficient (Wildman–Crippen LogP) is 3.68. The van der Waals surface area contributed by atoms with E-state index in [9.17, 15) is 0 Å². The summed E-state index contributed by atoms with van der Waals surface area (Å²) in [5, 5.41) is 2.72. The van der Waals surface area contributed by atoms with Crippen LogP contribution in [0.2, 0.25) is 0 Å². The van der Waals surface area contributed by atoms with E-state index in [1.807, 2.05) is 0 Å². The average molecular weight is 213 g/mol. The van der Waals surface area contributed by atoms with Gasteiger partial charge in [0.1, 0.15) is 0 Å². The van der Waals surface area contributed by atoms with Gasteiger partial charge in [-0.3, -0.25) is 0 Å². The lowest BCUT2D eigenvalue weighted by atomic mass is 9.91. The van der Waals surface area contributed by atoms with Gasteiger partial charge in [0.05, 0.1) is 0 Å². The van der Waals surface area contributed by atoms with Crippen molar-refractivity contribution in [3.05, 3.63) is 48.0 Å². The third-order valence-electron chi connectivity index (χ3n) is 3.20. The molecule has 0 heterocycles. The summed E-state index contributed by atoms with van der Waals surface area (Å²) < 4.78 is 0. The third-order valence-corrected chi connectivity index (χ3v) is 3.20. The minimum Gasteiger partial charge on any atom is -0.330 e. The fraction of sp³-hybridized carbons (Fsp3) is 0.333. The third kappa shape index (κ3) is 2.25. The first kappa shape index (κ1) is 11.2. The summed E-state index contributed by atoms with van der Waals surface area (Å²) in [6, 6.07) is 15.2. The molecule has 1 nitrogen and oxygen atoms in total. The zero-order valence-electron chi connectivity index (χ0n) is 9.82. The Labute approximate surface area is 97.3 Å². The van der Waals surface area contributed by atoms with E-state index in [2.05, 4.69) is 49.4 Å². The quantitative estimate of drug-likeness (QED) is 0.823. The SMILES string of the molecule is CC(CCCN)c1cccc2ccccc12. The molecule has 16 heavy (non-hydrogen) atoms. The second-order valence-electron chi connectivity index (χ2n) is 4.40. The van der Waals surface area contributed by atoms with Crippen molar-refractivity contribution in [1.82, 2.24) is 0 Å². The summed E-state index contributed by atoms with van der Waals surface area (Å²) >= 11 is 0. The monoisotopic (exact) mass is 213 g/mol. The fourth-order valence-electron chi connectivity index (χ4n) is 2.26. The Kier molecular flexibility index (Phi) is 3.58. The van der Waals surface area contributed by atoms with Crippen LogP contribution in [0.15, 0.2) is 42.5 Å². The Balaban J connectivity index is 2.36. The van der Waals surface area contributed by atoms with Gasteiger partial charge >= 0.3 is 0 Å². The molecule has 2 aromatic carbocycles. The molecular weight excluding hydrogens is 194 g/mol. The van der Waals surface area contributed by atoms with Gasteiger partial charge in [-0.2, -0.15) is 0 Å². The lowest BCUT2D eigenvalue weighted by Crippen LogP contribution is -2.02. The Morgan fingerprint density at radius 2 is 1.81 bits per heavy atom. The van der Waals surface area contributed by atoms with Crippen LogP contribution in [0.4, 0.5) is 0 Å². The highest BCUT2D eigenvalue weighted by atomic mass is 14.5. The highest BCUT2D eigenvalue weighted by molar-refractivity contribution is 5.86. The highest BCUT2D eigenvalue weighted by Crippen LogP contribution is 2.28. The molecule has 0 radical (unpaired) electrons. The van der Waals surface area contributed by atoms with Crippen LogP contribution >= 0.6 is 0 Å². The van der Waals surface area contributed by atoms with Crippen molar-refractivity contribution in [2.24, 2.45) is 5.73 Å². The molecule has 2 aromatic rings. The molecule has 0 spiro atoms. The van der Waals surface area contributed by atoms with Crippen LogP contribution in [0.1, 0.15) is 31.2 Å². The van der Waals surface area contributed by atoms with E-state index >= 15 is 0 Å². The highest BCUT2D eigenvalue weighted by Gasteiger charge is 2.08. The summed E-state index contributed by atoms with van der Waals surface area (Å²) in [6.45, 7) is 3.08. The normalized spacial score (nSPS) is 12.9. The predicted molar refractivity (Wildman–Crippen MR) is 70.7 cm³/mol. The molecule has 84 valence electrons. The fourth-order valence-corrected chi connectivity index (χ4v) is 2.26. The van der Waals surface area contributed by atoms with Gasteiger partial charge in [-0.05, 0) is 41.6 Å². The number of hydrogen-bond donors (Lipinski definition) is 1. The van der Waals surface area contributed by atoms with Crippen LogP contribution in [0.5, 0.6) is 0 Å². The van der Waals surface area contributed by atoms with Gasteiger partial charge < -0.3 is 5.73 Å². The minimum absolute atomic E-state index is 0.592. The molecule has 0 saturated carbocycles. The van der Waals surface area contributed by atoms with Gasteiger partial charge in [0.25, 0.3) is 0 Å². The van der Waals surface area contributed by atoms with E-state index in [1.165, 1.54) is 22.8 Å². The largest absolute Gasteiger partial charge is 0.330 e. The molecule has 2 N–H and O–H groups in total. The van der Waals surface area contributed by atoms with Crippen molar-refractivity contribution < 1.29 is 0 Å². The van der Waals surface area contributed by atoms with Crippen LogP contribution in [-0.2, 0) is 0 Å². The summed E-state index contributed by atoms with van der Waals surface area (Å²) in [4.78, 5) is 0. The number of nitrogens with two attached hydrogens (primary N) is 1. The van der Waals surface area contributed by atoms with Crippen LogP contribution in [0.25, 0.3) is 10.8 Å². The molecule has 0 aromatic heterocycles. The van der Waals surface area contributed by atoms with E-state index in [-0.39, 0.29) is 0 Å². The zero-order chi connectivity index (χ0) is 11.4. The molecule has 1 unspecified atom stereocenters. The summed E-state index contributed by atoms with van der Waals surface area (Å²) in [5.74, 6) is 0.592. The second-order valence-corrected chi connectivity index (χ2v) is 4.40. The molecular formula is C15H19N. The number of fused-ring (bicyclic) bond motifs is 1. The molecule has 1 heteroatoms. The summed E-state index contributed by atoms with van der Waals surface area (Å²) in [6.07, 6.45) is 2.27. The number of rotatable bonds is 4. The zero-order valence-corrected chi connectivity index (χ0v) is 9.82. The lowest BCUT2D eigenvalue weighted by Gasteiger charge is -2.14. The van der Waals surface area contributed by atoms with Crippen molar-refractivity contribution in [2.45, 2.75) is 25.7 Å². The first-order valence-corrected chi connectivity index (χ1v) is 6.00. The van der Waals surface area contributed by atoms with E-state index in [4.69, 9.17) is 5.73 Å². The van der Waals surface area contributed by atoms with E-state index in [0.29, 0.717) is 5.92 Å². The van der Waals surface area contributed by atoms with Gasteiger partial charge in [-0.25, -0.2) is 0 Å². The smallest absolute Gasteiger partial charge is 0.00771 e. The van der Waals surface area contributed by atoms with Gasteiger partial charge in [0, 0.05) is 0 Å². The molecule has 0 bridgehead atoms. The van der Waals surface area contributed by atoms with Crippen LogP contribution in [0.3, 0.4) is 0 Å². The number of benzene rings is 2. The van der Waals surface area contributed by atoms with Crippen molar-refractivity contribution in [1.29, 1.82) is 0 Å². The first-order chi connectivity index (χ1) is 7.83.